The third-order valence-corrected chi connectivity index (χ3v) is 4.15. The zero-order chi connectivity index (χ0) is 20.1. The molecule has 0 saturated heterocycles. The molecule has 0 atom stereocenters. The average Bonchev–Trinajstić information content (AvgIpc) is 3.11. The molecule has 0 spiro atoms. The van der Waals surface area contributed by atoms with Crippen LogP contribution >= 0.6 is 15.9 Å². The quantitative estimate of drug-likeness (QED) is 0.393. The summed E-state index contributed by atoms with van der Waals surface area (Å²) in [5, 5.41) is 20.8. The summed E-state index contributed by atoms with van der Waals surface area (Å²) in [7, 11) is 1.61. The van der Waals surface area contributed by atoms with Crippen LogP contribution in [0, 0.1) is 15.9 Å². The van der Waals surface area contributed by atoms with E-state index in [0.29, 0.717) is 23.3 Å². The number of halogens is 2. The minimum atomic E-state index is -0.648. The molecule has 2 aromatic heterocycles. The van der Waals surface area contributed by atoms with Gasteiger partial charge in [-0.15, -0.1) is 0 Å². The normalized spacial score (nSPS) is 10.7. The Morgan fingerprint density at radius 3 is 2.93 bits per heavy atom. The van der Waals surface area contributed by atoms with Crippen molar-refractivity contribution in [3.63, 3.8) is 0 Å². The monoisotopic (exact) mass is 451 g/mol. The van der Waals surface area contributed by atoms with Crippen molar-refractivity contribution in [2.24, 2.45) is 0 Å². The van der Waals surface area contributed by atoms with Crippen molar-refractivity contribution >= 4 is 44.8 Å². The van der Waals surface area contributed by atoms with Gasteiger partial charge in [0.1, 0.15) is 11.6 Å². The van der Waals surface area contributed by atoms with Gasteiger partial charge in [-0.2, -0.15) is 10.1 Å². The minimum absolute atomic E-state index is 0.0769. The molecular weight excluding hydrogens is 437 g/mol. The lowest BCUT2D eigenvalue weighted by Gasteiger charge is -2.10. The Kier molecular flexibility index (Phi) is 6.11. The fourth-order valence-electron chi connectivity index (χ4n) is 2.23. The largest absolute Gasteiger partial charge is 0.383 e. The molecule has 12 heteroatoms. The van der Waals surface area contributed by atoms with Crippen LogP contribution in [0.4, 0.5) is 33.2 Å². The van der Waals surface area contributed by atoms with Crippen molar-refractivity contribution < 1.29 is 14.1 Å². The number of hydrogen-bond donors (Lipinski definition) is 2. The van der Waals surface area contributed by atoms with E-state index in [1.807, 2.05) is 0 Å². The highest BCUT2D eigenvalue weighted by molar-refractivity contribution is 9.10. The highest BCUT2D eigenvalue weighted by atomic mass is 79.9. The Morgan fingerprint density at radius 2 is 2.18 bits per heavy atom. The summed E-state index contributed by atoms with van der Waals surface area (Å²) in [5.74, 6) is -0.170. The number of methoxy groups -OCH3 is 1. The predicted molar refractivity (Wildman–Crippen MR) is 103 cm³/mol. The van der Waals surface area contributed by atoms with Gasteiger partial charge in [-0.3, -0.25) is 14.8 Å². The zero-order valence-electron chi connectivity index (χ0n) is 14.6. The van der Waals surface area contributed by atoms with E-state index < -0.39 is 10.7 Å². The van der Waals surface area contributed by atoms with E-state index in [9.17, 15) is 14.5 Å². The van der Waals surface area contributed by atoms with Crippen LogP contribution in [0.3, 0.4) is 0 Å². The molecule has 146 valence electrons. The van der Waals surface area contributed by atoms with Gasteiger partial charge >= 0.3 is 0 Å². The van der Waals surface area contributed by atoms with Crippen LogP contribution in [0.5, 0.6) is 0 Å². The van der Waals surface area contributed by atoms with Gasteiger partial charge < -0.3 is 15.4 Å². The van der Waals surface area contributed by atoms with Crippen molar-refractivity contribution in [3.05, 3.63) is 57.2 Å². The first-order valence-electron chi connectivity index (χ1n) is 7.98. The number of nitrogens with zero attached hydrogens (tertiary/aromatic N) is 5. The maximum atomic E-state index is 14.0. The number of ether oxygens (including phenoxy) is 1. The SMILES string of the molecule is COCCn1cc(Nc2ncc(Br)c(Nc3cc([N+](=O)[O-])ccc3F)n2)cn1. The fraction of sp³-hybridized carbons (Fsp3) is 0.188. The number of nitro groups is 1. The molecule has 10 nitrogen and oxygen atoms in total. The van der Waals surface area contributed by atoms with Crippen LogP contribution < -0.4 is 10.6 Å². The van der Waals surface area contributed by atoms with Crippen molar-refractivity contribution in [2.75, 3.05) is 24.4 Å². The summed E-state index contributed by atoms with van der Waals surface area (Å²) in [6.07, 6.45) is 4.84. The van der Waals surface area contributed by atoms with Crippen LogP contribution in [0.25, 0.3) is 0 Å². The van der Waals surface area contributed by atoms with Crippen LogP contribution in [-0.2, 0) is 11.3 Å². The zero-order valence-corrected chi connectivity index (χ0v) is 16.2. The van der Waals surface area contributed by atoms with Gasteiger partial charge in [0.15, 0.2) is 0 Å². The van der Waals surface area contributed by atoms with E-state index in [-0.39, 0.29) is 23.1 Å². The molecule has 0 aliphatic heterocycles. The topological polar surface area (TPSA) is 120 Å². The van der Waals surface area contributed by atoms with E-state index in [2.05, 4.69) is 41.6 Å². The van der Waals surface area contributed by atoms with Crippen LogP contribution in [-0.4, -0.2) is 38.4 Å². The first kappa shape index (κ1) is 19.6. The van der Waals surface area contributed by atoms with Crippen molar-refractivity contribution in [1.82, 2.24) is 19.7 Å². The maximum absolute atomic E-state index is 14.0. The summed E-state index contributed by atoms with van der Waals surface area (Å²) in [6, 6.07) is 3.20. The number of benzene rings is 1. The average molecular weight is 452 g/mol. The second-order valence-electron chi connectivity index (χ2n) is 5.55. The molecule has 3 rings (SSSR count). The molecule has 2 heterocycles. The summed E-state index contributed by atoms with van der Waals surface area (Å²) in [6.45, 7) is 1.12. The van der Waals surface area contributed by atoms with Gasteiger partial charge in [0.25, 0.3) is 5.69 Å². The number of rotatable bonds is 8. The van der Waals surface area contributed by atoms with Crippen LogP contribution in [0.1, 0.15) is 0 Å². The smallest absolute Gasteiger partial charge is 0.271 e. The molecule has 0 fully saturated rings. The molecule has 0 saturated carbocycles. The molecule has 0 aliphatic carbocycles. The maximum Gasteiger partial charge on any atom is 0.271 e. The molecule has 28 heavy (non-hydrogen) atoms. The third-order valence-electron chi connectivity index (χ3n) is 3.57. The molecular formula is C16H15BrFN7O3. The standard InChI is InChI=1S/C16H15BrFN7O3/c1-28-5-4-24-9-10(7-20-24)21-16-19-8-12(17)15(23-16)22-14-6-11(25(26)27)2-3-13(14)18/h2-3,6-9H,4-5H2,1H3,(H2,19,21,22,23). The summed E-state index contributed by atoms with van der Waals surface area (Å²) < 4.78 is 21.2. The highest BCUT2D eigenvalue weighted by Crippen LogP contribution is 2.28. The number of nitro benzene ring substituents is 1. The van der Waals surface area contributed by atoms with E-state index >= 15 is 0 Å². The fourth-order valence-corrected chi connectivity index (χ4v) is 2.52. The Bertz CT molecular complexity index is 998. The molecule has 0 amide bonds. The molecule has 3 aromatic rings. The Morgan fingerprint density at radius 1 is 1.36 bits per heavy atom. The van der Waals surface area contributed by atoms with E-state index in [4.69, 9.17) is 4.74 Å². The molecule has 2 N–H and O–H groups in total. The molecule has 0 radical (unpaired) electrons. The van der Waals surface area contributed by atoms with Crippen LogP contribution in [0.15, 0.2) is 41.3 Å². The first-order chi connectivity index (χ1) is 13.5. The Labute approximate surface area is 167 Å². The van der Waals surface area contributed by atoms with Crippen molar-refractivity contribution in [2.45, 2.75) is 6.54 Å². The van der Waals surface area contributed by atoms with Gasteiger partial charge in [-0.1, -0.05) is 0 Å². The number of non-ortho nitro benzene ring substituents is 1. The predicted octanol–water partition coefficient (Wildman–Crippen LogP) is 3.62. The lowest BCUT2D eigenvalue weighted by molar-refractivity contribution is -0.384. The number of nitrogens with one attached hydrogen (secondary N) is 2. The molecule has 1 aromatic carbocycles. The molecule has 0 bridgehead atoms. The summed E-state index contributed by atoms with van der Waals surface area (Å²) in [4.78, 5) is 18.7. The lowest BCUT2D eigenvalue weighted by atomic mass is 10.2. The molecule has 0 unspecified atom stereocenters. The van der Waals surface area contributed by atoms with Gasteiger partial charge in [0.05, 0.1) is 40.1 Å². The van der Waals surface area contributed by atoms with Crippen LogP contribution in [0.2, 0.25) is 0 Å². The number of anilines is 4. The Balaban J connectivity index is 1.79. The summed E-state index contributed by atoms with van der Waals surface area (Å²) in [5.41, 5.74) is 0.341. The van der Waals surface area contributed by atoms with Crippen molar-refractivity contribution in [1.29, 1.82) is 0 Å². The van der Waals surface area contributed by atoms with E-state index in [1.165, 1.54) is 6.20 Å². The Hall–Kier alpha value is -3.12. The van der Waals surface area contributed by atoms with Gasteiger partial charge in [-0.25, -0.2) is 9.37 Å². The minimum Gasteiger partial charge on any atom is -0.383 e. The van der Waals surface area contributed by atoms with Gasteiger partial charge in [-0.05, 0) is 22.0 Å². The van der Waals surface area contributed by atoms with Gasteiger partial charge in [0, 0.05) is 31.6 Å². The molecule has 0 aliphatic rings. The highest BCUT2D eigenvalue weighted by Gasteiger charge is 2.14. The second-order valence-corrected chi connectivity index (χ2v) is 6.40. The van der Waals surface area contributed by atoms with E-state index in [1.54, 1.807) is 24.2 Å². The lowest BCUT2D eigenvalue weighted by Crippen LogP contribution is -2.04. The second kappa shape index (κ2) is 8.71. The van der Waals surface area contributed by atoms with Crippen molar-refractivity contribution in [3.8, 4) is 0 Å². The summed E-state index contributed by atoms with van der Waals surface area (Å²) >= 11 is 3.28. The van der Waals surface area contributed by atoms with Gasteiger partial charge in [0.2, 0.25) is 5.95 Å². The first-order valence-corrected chi connectivity index (χ1v) is 8.77. The van der Waals surface area contributed by atoms with E-state index in [0.717, 1.165) is 18.2 Å². The third kappa shape index (κ3) is 4.78. The number of aromatic nitrogens is 4. The number of hydrogen-bond acceptors (Lipinski definition) is 8.